The standard InChI is InChI=1S/C58H64O9/c1-58(2)65-43-53(67-58)54(61-38-46-26-13-5-14-27-46)50(60-37-45-24-11-4-12-25-45)34-21-35-51-55(62-39-47-28-15-6-16-29-47)57(64-41-49-32-19-8-20-33-49)56(63-40-48-30-17-7-18-31-48)52(66-51)42-59-36-44-22-9-3-10-23-44/h3-34,50-57H,35-43H2,1-2H3/b34-21+/t50-,51+,52-,53+,54+,55+,56-,57-/m1/s1. The van der Waals surface area contributed by atoms with Crippen LogP contribution in [0, 0.1) is 0 Å². The Morgan fingerprint density at radius 1 is 0.493 bits per heavy atom. The van der Waals surface area contributed by atoms with E-state index in [0.29, 0.717) is 52.7 Å². The molecule has 67 heavy (non-hydrogen) atoms. The van der Waals surface area contributed by atoms with Gasteiger partial charge in [0.15, 0.2) is 5.79 Å². The van der Waals surface area contributed by atoms with E-state index in [9.17, 15) is 0 Å². The highest BCUT2D eigenvalue weighted by Crippen LogP contribution is 2.34. The second-order valence-corrected chi connectivity index (χ2v) is 17.6. The van der Waals surface area contributed by atoms with Crippen molar-refractivity contribution < 1.29 is 42.6 Å². The fourth-order valence-electron chi connectivity index (χ4n) is 8.51. The molecule has 6 aromatic carbocycles. The summed E-state index contributed by atoms with van der Waals surface area (Å²) in [6.45, 7) is 6.75. The fraction of sp³-hybridized carbons (Fsp3) is 0.345. The van der Waals surface area contributed by atoms with Crippen LogP contribution >= 0.6 is 0 Å². The maximum atomic E-state index is 7.19. The molecule has 0 spiro atoms. The first kappa shape index (κ1) is 48.2. The van der Waals surface area contributed by atoms with E-state index in [1.165, 1.54) is 0 Å². The number of hydrogen-bond acceptors (Lipinski definition) is 9. The van der Waals surface area contributed by atoms with Crippen molar-refractivity contribution in [1.82, 2.24) is 0 Å². The molecular formula is C58H64O9. The number of hydrogen-bond donors (Lipinski definition) is 0. The van der Waals surface area contributed by atoms with Crippen LogP contribution < -0.4 is 0 Å². The first-order chi connectivity index (χ1) is 33.0. The van der Waals surface area contributed by atoms with Gasteiger partial charge in [-0.05, 0) is 53.6 Å². The molecule has 8 rings (SSSR count). The number of rotatable bonds is 24. The average Bonchev–Trinajstić information content (AvgIpc) is 3.74. The third-order valence-electron chi connectivity index (χ3n) is 12.0. The molecule has 0 aromatic heterocycles. The maximum Gasteiger partial charge on any atom is 0.163 e. The normalized spacial score (nSPS) is 22.4. The fourth-order valence-corrected chi connectivity index (χ4v) is 8.51. The first-order valence-electron chi connectivity index (χ1n) is 23.5. The van der Waals surface area contributed by atoms with E-state index >= 15 is 0 Å². The van der Waals surface area contributed by atoms with E-state index < -0.39 is 48.5 Å². The van der Waals surface area contributed by atoms with Gasteiger partial charge in [-0.25, -0.2) is 0 Å². The Kier molecular flexibility index (Phi) is 18.1. The monoisotopic (exact) mass is 904 g/mol. The molecule has 2 heterocycles. The molecular weight excluding hydrogens is 841 g/mol. The zero-order chi connectivity index (χ0) is 45.9. The summed E-state index contributed by atoms with van der Waals surface area (Å²) in [7, 11) is 0. The van der Waals surface area contributed by atoms with Crippen LogP contribution in [0.2, 0.25) is 0 Å². The lowest BCUT2D eigenvalue weighted by atomic mass is 9.92. The molecule has 8 atom stereocenters. The van der Waals surface area contributed by atoms with E-state index in [1.807, 2.05) is 123 Å². The van der Waals surface area contributed by atoms with Crippen LogP contribution in [0.4, 0.5) is 0 Å². The van der Waals surface area contributed by atoms with Crippen molar-refractivity contribution in [3.05, 3.63) is 228 Å². The largest absolute Gasteiger partial charge is 0.374 e. The Balaban J connectivity index is 1.12. The summed E-state index contributed by atoms with van der Waals surface area (Å²) >= 11 is 0. The Labute approximate surface area is 396 Å². The van der Waals surface area contributed by atoms with Gasteiger partial charge >= 0.3 is 0 Å². The molecule has 2 aliphatic heterocycles. The van der Waals surface area contributed by atoms with Crippen LogP contribution in [-0.4, -0.2) is 67.8 Å². The molecule has 2 fully saturated rings. The van der Waals surface area contributed by atoms with E-state index in [4.69, 9.17) is 42.6 Å². The van der Waals surface area contributed by atoms with Crippen molar-refractivity contribution in [1.29, 1.82) is 0 Å². The SMILES string of the molecule is CC1(C)OC[C@@H]([C@@H](OCc2ccccc2)[C@@H](/C=C/C[C@@H]2O[C@H](COCc3ccccc3)[C@@H](OCc3ccccc3)[C@H](OCc3ccccc3)[C@H]2OCc2ccccc2)OCc2ccccc2)O1. The van der Waals surface area contributed by atoms with Crippen molar-refractivity contribution in [3.63, 3.8) is 0 Å². The van der Waals surface area contributed by atoms with Crippen molar-refractivity contribution in [3.8, 4) is 0 Å². The smallest absolute Gasteiger partial charge is 0.163 e. The average molecular weight is 905 g/mol. The van der Waals surface area contributed by atoms with Crippen LogP contribution in [0.3, 0.4) is 0 Å². The van der Waals surface area contributed by atoms with Gasteiger partial charge in [0.05, 0.1) is 59.0 Å². The van der Waals surface area contributed by atoms with Crippen LogP contribution in [-0.2, 0) is 82.3 Å². The van der Waals surface area contributed by atoms with E-state index in [2.05, 4.69) is 84.9 Å². The molecule has 9 heteroatoms. The van der Waals surface area contributed by atoms with Crippen molar-refractivity contribution in [2.24, 2.45) is 0 Å². The lowest BCUT2D eigenvalue weighted by Crippen LogP contribution is -2.61. The molecule has 0 bridgehead atoms. The Morgan fingerprint density at radius 3 is 1.34 bits per heavy atom. The van der Waals surface area contributed by atoms with Crippen LogP contribution in [0.15, 0.2) is 194 Å². The quantitative estimate of drug-likeness (QED) is 0.0552. The van der Waals surface area contributed by atoms with Gasteiger partial charge in [0.1, 0.15) is 42.7 Å². The Bertz CT molecular complexity index is 2300. The summed E-state index contributed by atoms with van der Waals surface area (Å²) in [5.74, 6) is -0.766. The molecule has 0 radical (unpaired) electrons. The van der Waals surface area contributed by atoms with Gasteiger partial charge in [-0.2, -0.15) is 0 Å². The Hall–Kier alpha value is -5.30. The predicted molar refractivity (Wildman–Crippen MR) is 259 cm³/mol. The summed E-state index contributed by atoms with van der Waals surface area (Å²) in [4.78, 5) is 0. The molecule has 0 aliphatic carbocycles. The maximum absolute atomic E-state index is 7.19. The molecule has 9 nitrogen and oxygen atoms in total. The molecule has 0 unspecified atom stereocenters. The second kappa shape index (κ2) is 25.2. The van der Waals surface area contributed by atoms with Gasteiger partial charge in [-0.1, -0.05) is 194 Å². The number of ether oxygens (including phenoxy) is 9. The minimum atomic E-state index is -0.766. The van der Waals surface area contributed by atoms with Crippen molar-refractivity contribution in [2.75, 3.05) is 13.2 Å². The zero-order valence-corrected chi connectivity index (χ0v) is 38.6. The van der Waals surface area contributed by atoms with E-state index in [0.717, 1.165) is 33.4 Å². The summed E-state index contributed by atoms with van der Waals surface area (Å²) in [5.41, 5.74) is 6.32. The van der Waals surface area contributed by atoms with Crippen LogP contribution in [0.1, 0.15) is 53.6 Å². The molecule has 0 N–H and O–H groups in total. The van der Waals surface area contributed by atoms with Crippen molar-refractivity contribution in [2.45, 2.75) is 115 Å². The third kappa shape index (κ3) is 14.8. The van der Waals surface area contributed by atoms with Gasteiger partial charge in [-0.15, -0.1) is 0 Å². The minimum Gasteiger partial charge on any atom is -0.374 e. The third-order valence-corrected chi connectivity index (χ3v) is 12.0. The van der Waals surface area contributed by atoms with Crippen molar-refractivity contribution >= 4 is 0 Å². The van der Waals surface area contributed by atoms with Gasteiger partial charge in [0, 0.05) is 0 Å². The predicted octanol–water partition coefficient (Wildman–Crippen LogP) is 11.0. The van der Waals surface area contributed by atoms with E-state index in [1.54, 1.807) is 0 Å². The first-order valence-corrected chi connectivity index (χ1v) is 23.5. The lowest BCUT2D eigenvalue weighted by Gasteiger charge is -2.46. The highest BCUT2D eigenvalue weighted by Gasteiger charge is 2.48. The molecule has 2 saturated heterocycles. The summed E-state index contributed by atoms with van der Waals surface area (Å²) in [6.07, 6.45) is 0.686. The van der Waals surface area contributed by atoms with Gasteiger partial charge in [-0.3, -0.25) is 0 Å². The van der Waals surface area contributed by atoms with Gasteiger partial charge in [0.2, 0.25) is 0 Å². The molecule has 2 aliphatic rings. The summed E-state index contributed by atoms with van der Waals surface area (Å²) in [6, 6.07) is 61.1. The molecule has 0 saturated carbocycles. The molecule has 350 valence electrons. The molecule has 6 aromatic rings. The summed E-state index contributed by atoms with van der Waals surface area (Å²) < 4.78 is 60.8. The highest BCUT2D eigenvalue weighted by atomic mass is 16.8. The van der Waals surface area contributed by atoms with Gasteiger partial charge in [0.25, 0.3) is 0 Å². The minimum absolute atomic E-state index is 0.276. The summed E-state index contributed by atoms with van der Waals surface area (Å²) in [5, 5.41) is 0. The van der Waals surface area contributed by atoms with Gasteiger partial charge < -0.3 is 42.6 Å². The van der Waals surface area contributed by atoms with E-state index in [-0.39, 0.29) is 12.7 Å². The lowest BCUT2D eigenvalue weighted by molar-refractivity contribution is -0.271. The second-order valence-electron chi connectivity index (χ2n) is 17.6. The highest BCUT2D eigenvalue weighted by molar-refractivity contribution is 5.18. The topological polar surface area (TPSA) is 83.1 Å². The zero-order valence-electron chi connectivity index (χ0n) is 38.6. The Morgan fingerprint density at radius 2 is 0.896 bits per heavy atom. The number of benzene rings is 6. The van der Waals surface area contributed by atoms with Crippen LogP contribution in [0.25, 0.3) is 0 Å². The van der Waals surface area contributed by atoms with Crippen LogP contribution in [0.5, 0.6) is 0 Å². The molecule has 0 amide bonds.